The number of carbonyl (C=O) groups excluding carboxylic acids is 2. The monoisotopic (exact) mass is 343 g/mol. The zero-order chi connectivity index (χ0) is 13.4. The quantitative estimate of drug-likeness (QED) is 0.534. The number of carboxylic acid groups (broad SMARTS) is 2. The maximum absolute atomic E-state index is 10.0. The number of carboxylic acids is 2. The fourth-order valence-corrected chi connectivity index (χ4v) is 0.967. The Kier molecular flexibility index (Phi) is 14.4. The minimum atomic E-state index is -1.24. The Labute approximate surface area is 130 Å². The molecule has 9 heteroatoms. The first-order chi connectivity index (χ1) is 8.61. The van der Waals surface area contributed by atoms with Crippen molar-refractivity contribution in [2.24, 2.45) is 0 Å². The first-order valence-electron chi connectivity index (χ1n) is 4.86. The second-order valence-electron chi connectivity index (χ2n) is 3.00. The number of aromatic nitrogens is 2. The Hall–Kier alpha value is -2.32. The minimum Gasteiger partial charge on any atom is -0.543 e. The van der Waals surface area contributed by atoms with Crippen LogP contribution in [0.15, 0.2) is 48.8 Å². The van der Waals surface area contributed by atoms with Crippen molar-refractivity contribution >= 4 is 11.9 Å². The summed E-state index contributed by atoms with van der Waals surface area (Å²) in [5, 5.41) is 20.1. The molecule has 2 heterocycles. The molecule has 0 aliphatic heterocycles. The molecule has 8 nitrogen and oxygen atoms in total. The van der Waals surface area contributed by atoms with Gasteiger partial charge in [0.1, 0.15) is 0 Å². The molecular weight excluding hydrogens is 332 g/mol. The zero-order valence-electron chi connectivity index (χ0n) is 10.4. The molecule has 0 unspecified atom stereocenters. The molecule has 1 radical (unpaired) electrons. The summed E-state index contributed by atoms with van der Waals surface area (Å²) in [6, 6.07) is 9.25. The summed E-state index contributed by atoms with van der Waals surface area (Å²) in [5.41, 5.74) is -0.0602. The van der Waals surface area contributed by atoms with Crippen LogP contribution < -0.4 is 10.2 Å². The van der Waals surface area contributed by atoms with E-state index in [2.05, 4.69) is 9.97 Å². The maximum atomic E-state index is 10.0. The topological polar surface area (TPSA) is 169 Å². The fraction of sp³-hybridized carbons (Fsp3) is 0. The van der Waals surface area contributed by atoms with Crippen molar-refractivity contribution in [1.82, 2.24) is 9.97 Å². The number of carbonyl (C=O) groups is 2. The molecule has 0 fully saturated rings. The molecule has 0 spiro atoms. The van der Waals surface area contributed by atoms with Gasteiger partial charge in [-0.2, -0.15) is 0 Å². The van der Waals surface area contributed by atoms with Gasteiger partial charge in [-0.25, -0.2) is 0 Å². The Morgan fingerprint density at radius 2 is 1.10 bits per heavy atom. The van der Waals surface area contributed by atoms with Crippen molar-refractivity contribution in [2.75, 3.05) is 0 Å². The minimum absolute atomic E-state index is 0. The van der Waals surface area contributed by atoms with Crippen LogP contribution in [-0.4, -0.2) is 32.9 Å². The van der Waals surface area contributed by atoms with Crippen LogP contribution in [0.1, 0.15) is 21.0 Å². The molecule has 0 bridgehead atoms. The standard InChI is InChI=1S/2C6H5NO2.Cu.2H2O/c2*8-6(9)5-3-1-2-4-7-5;;;/h2*1-4H,(H,8,9);;2*1H2/p-2. The van der Waals surface area contributed by atoms with E-state index in [1.54, 1.807) is 24.3 Å². The van der Waals surface area contributed by atoms with Crippen LogP contribution >= 0.6 is 0 Å². The molecule has 2 aromatic rings. The van der Waals surface area contributed by atoms with E-state index in [-0.39, 0.29) is 39.4 Å². The van der Waals surface area contributed by atoms with E-state index in [1.807, 2.05) is 0 Å². The van der Waals surface area contributed by atoms with Gasteiger partial charge in [0, 0.05) is 29.5 Å². The molecule has 0 saturated heterocycles. The van der Waals surface area contributed by atoms with Crippen molar-refractivity contribution in [2.45, 2.75) is 0 Å². The van der Waals surface area contributed by atoms with Crippen LogP contribution in [0.2, 0.25) is 0 Å². The number of pyridine rings is 2. The molecule has 2 aromatic heterocycles. The van der Waals surface area contributed by atoms with Crippen LogP contribution in [0.5, 0.6) is 0 Å². The third kappa shape index (κ3) is 9.25. The maximum Gasteiger partial charge on any atom is 0.0899 e. The zero-order valence-corrected chi connectivity index (χ0v) is 11.4. The summed E-state index contributed by atoms with van der Waals surface area (Å²) in [4.78, 5) is 27.1. The number of nitrogens with zero attached hydrogens (tertiary/aromatic N) is 2. The van der Waals surface area contributed by atoms with E-state index in [9.17, 15) is 19.8 Å². The predicted octanol–water partition coefficient (Wildman–Crippen LogP) is -2.76. The predicted molar refractivity (Wildman–Crippen MR) is 64.4 cm³/mol. The third-order valence-electron chi connectivity index (χ3n) is 1.75. The van der Waals surface area contributed by atoms with Crippen LogP contribution in [0, 0.1) is 0 Å². The van der Waals surface area contributed by atoms with Crippen molar-refractivity contribution < 1.29 is 47.8 Å². The summed E-state index contributed by atoms with van der Waals surface area (Å²) in [6.07, 6.45) is 2.82. The molecule has 2 rings (SSSR count). The molecule has 21 heavy (non-hydrogen) atoms. The summed E-state index contributed by atoms with van der Waals surface area (Å²) in [7, 11) is 0. The summed E-state index contributed by atoms with van der Waals surface area (Å²) in [6.45, 7) is 0. The van der Waals surface area contributed by atoms with Gasteiger partial charge in [0.05, 0.1) is 23.3 Å². The number of hydrogen-bond donors (Lipinski definition) is 0. The Morgan fingerprint density at radius 1 is 0.762 bits per heavy atom. The van der Waals surface area contributed by atoms with Crippen molar-refractivity contribution in [1.29, 1.82) is 0 Å². The number of rotatable bonds is 2. The number of hydrogen-bond acceptors (Lipinski definition) is 6. The molecule has 0 saturated carbocycles. The van der Waals surface area contributed by atoms with Gasteiger partial charge in [-0.15, -0.1) is 0 Å². The normalized spacial score (nSPS) is 7.62. The molecule has 0 aromatic carbocycles. The van der Waals surface area contributed by atoms with Gasteiger partial charge in [0.25, 0.3) is 0 Å². The molecule has 0 aliphatic carbocycles. The molecule has 119 valence electrons. The van der Waals surface area contributed by atoms with Gasteiger partial charge in [0.15, 0.2) is 0 Å². The van der Waals surface area contributed by atoms with Gasteiger partial charge in [-0.3, -0.25) is 9.97 Å². The molecule has 0 amide bonds. The largest absolute Gasteiger partial charge is 0.543 e. The van der Waals surface area contributed by atoms with E-state index in [0.29, 0.717) is 0 Å². The molecule has 0 atom stereocenters. The van der Waals surface area contributed by atoms with E-state index in [4.69, 9.17) is 0 Å². The van der Waals surface area contributed by atoms with E-state index < -0.39 is 11.9 Å². The van der Waals surface area contributed by atoms with Crippen molar-refractivity contribution in [3.8, 4) is 0 Å². The smallest absolute Gasteiger partial charge is 0.0899 e. The van der Waals surface area contributed by atoms with Crippen LogP contribution in [-0.2, 0) is 17.1 Å². The van der Waals surface area contributed by atoms with Crippen LogP contribution in [0.4, 0.5) is 0 Å². The molecular formula is C12H12CuN2O6-2. The van der Waals surface area contributed by atoms with E-state index in [0.717, 1.165) is 0 Å². The third-order valence-corrected chi connectivity index (χ3v) is 1.75. The van der Waals surface area contributed by atoms with Crippen molar-refractivity contribution in [3.63, 3.8) is 0 Å². The van der Waals surface area contributed by atoms with E-state index >= 15 is 0 Å². The van der Waals surface area contributed by atoms with Gasteiger partial charge in [-0.05, 0) is 24.3 Å². The van der Waals surface area contributed by atoms with Gasteiger partial charge >= 0.3 is 0 Å². The Morgan fingerprint density at radius 3 is 1.24 bits per heavy atom. The Balaban J connectivity index is -0.000000270. The average Bonchev–Trinajstić information content (AvgIpc) is 2.41. The fourth-order valence-electron chi connectivity index (χ4n) is 0.967. The average molecular weight is 344 g/mol. The summed E-state index contributed by atoms with van der Waals surface area (Å²) >= 11 is 0. The Bertz CT molecular complexity index is 474. The first kappa shape index (κ1) is 23.7. The molecule has 4 N–H and O–H groups in total. The first-order valence-corrected chi connectivity index (χ1v) is 4.86. The van der Waals surface area contributed by atoms with Gasteiger partial charge in [0.2, 0.25) is 0 Å². The van der Waals surface area contributed by atoms with Crippen LogP contribution in [0.25, 0.3) is 0 Å². The van der Waals surface area contributed by atoms with Crippen molar-refractivity contribution in [3.05, 3.63) is 60.2 Å². The summed E-state index contributed by atoms with van der Waals surface area (Å²) in [5.74, 6) is -2.48. The van der Waals surface area contributed by atoms with Gasteiger partial charge < -0.3 is 30.8 Å². The summed E-state index contributed by atoms with van der Waals surface area (Å²) < 4.78 is 0. The van der Waals surface area contributed by atoms with Gasteiger partial charge in [-0.1, -0.05) is 12.1 Å². The number of aromatic carboxylic acids is 2. The second kappa shape index (κ2) is 12.7. The molecule has 0 aliphatic rings. The van der Waals surface area contributed by atoms with Crippen LogP contribution in [0.3, 0.4) is 0 Å². The second-order valence-corrected chi connectivity index (χ2v) is 3.00. The SMILES string of the molecule is O.O.O=C([O-])c1ccccn1.O=C([O-])c1ccccn1.[Cu]. The van der Waals surface area contributed by atoms with E-state index in [1.165, 1.54) is 24.5 Å².